The largest absolute Gasteiger partial charge is 0.489 e. The van der Waals surface area contributed by atoms with Crippen molar-refractivity contribution in [3.63, 3.8) is 0 Å². The van der Waals surface area contributed by atoms with Crippen LogP contribution >= 0.6 is 0 Å². The molecule has 0 spiro atoms. The van der Waals surface area contributed by atoms with E-state index in [0.29, 0.717) is 11.4 Å². The standard InChI is InChI=1S/C18H16F4N2O4/c19-13-6-4-12(5-7-13)10-27-15-3-1-2-14(8-15)24-16(25)9-23-17(26)28-11-18(20,21)22/h1-8H,9-11H2,(H,23,26)(H,24,25). The molecule has 0 fully saturated rings. The lowest BCUT2D eigenvalue weighted by atomic mass is 10.2. The predicted octanol–water partition coefficient (Wildman–Crippen LogP) is 3.63. The van der Waals surface area contributed by atoms with Gasteiger partial charge in [-0.05, 0) is 29.8 Å². The summed E-state index contributed by atoms with van der Waals surface area (Å²) < 4.78 is 58.1. The van der Waals surface area contributed by atoms with Gasteiger partial charge in [-0.15, -0.1) is 0 Å². The van der Waals surface area contributed by atoms with Gasteiger partial charge in [-0.1, -0.05) is 18.2 Å². The maximum atomic E-state index is 12.9. The molecule has 0 saturated heterocycles. The number of benzene rings is 2. The van der Waals surface area contributed by atoms with E-state index in [1.165, 1.54) is 18.2 Å². The summed E-state index contributed by atoms with van der Waals surface area (Å²) in [5, 5.41) is 4.36. The molecular formula is C18H16F4N2O4. The highest BCUT2D eigenvalue weighted by Gasteiger charge is 2.29. The number of hydrogen-bond acceptors (Lipinski definition) is 4. The third-order valence-electron chi connectivity index (χ3n) is 3.20. The first kappa shape index (κ1) is 21.0. The van der Waals surface area contributed by atoms with E-state index in [-0.39, 0.29) is 12.4 Å². The molecule has 0 aliphatic carbocycles. The number of nitrogens with one attached hydrogen (secondary N) is 2. The summed E-state index contributed by atoms with van der Waals surface area (Å²) in [5.41, 5.74) is 1.10. The quantitative estimate of drug-likeness (QED) is 0.696. The van der Waals surface area contributed by atoms with Crippen molar-refractivity contribution in [3.05, 3.63) is 59.9 Å². The number of alkyl halides is 3. The van der Waals surface area contributed by atoms with Crippen molar-refractivity contribution in [1.82, 2.24) is 5.32 Å². The molecule has 0 aliphatic heterocycles. The minimum atomic E-state index is -4.64. The van der Waals surface area contributed by atoms with Gasteiger partial charge in [-0.25, -0.2) is 9.18 Å². The van der Waals surface area contributed by atoms with Crippen LogP contribution in [-0.4, -0.2) is 31.3 Å². The van der Waals surface area contributed by atoms with Gasteiger partial charge in [0.05, 0.1) is 0 Å². The van der Waals surface area contributed by atoms with E-state index in [9.17, 15) is 27.2 Å². The molecule has 0 saturated carbocycles. The highest BCUT2D eigenvalue weighted by molar-refractivity contribution is 5.93. The van der Waals surface area contributed by atoms with Crippen molar-refractivity contribution in [3.8, 4) is 5.75 Å². The predicted molar refractivity (Wildman–Crippen MR) is 91.2 cm³/mol. The molecule has 150 valence electrons. The van der Waals surface area contributed by atoms with Crippen LogP contribution in [0.15, 0.2) is 48.5 Å². The van der Waals surface area contributed by atoms with Crippen molar-refractivity contribution < 1.29 is 36.6 Å². The van der Waals surface area contributed by atoms with Crippen molar-refractivity contribution in [1.29, 1.82) is 0 Å². The summed E-state index contributed by atoms with van der Waals surface area (Å²) in [4.78, 5) is 22.8. The average Bonchev–Trinajstić information content (AvgIpc) is 2.64. The Kier molecular flexibility index (Phi) is 7.19. The smallest absolute Gasteiger partial charge is 0.422 e. The molecule has 0 radical (unpaired) electrons. The maximum Gasteiger partial charge on any atom is 0.422 e. The number of halogens is 4. The Morgan fingerprint density at radius 1 is 1.04 bits per heavy atom. The Labute approximate surface area is 157 Å². The third kappa shape index (κ3) is 7.94. The number of ether oxygens (including phenoxy) is 2. The minimum absolute atomic E-state index is 0.185. The molecule has 0 aliphatic rings. The number of rotatable bonds is 7. The summed E-state index contributed by atoms with van der Waals surface area (Å²) in [5.74, 6) is -0.594. The van der Waals surface area contributed by atoms with E-state index in [2.05, 4.69) is 10.1 Å². The highest BCUT2D eigenvalue weighted by atomic mass is 19.4. The van der Waals surface area contributed by atoms with Crippen LogP contribution in [0, 0.1) is 5.82 Å². The molecule has 10 heteroatoms. The van der Waals surface area contributed by atoms with Gasteiger partial charge in [0.1, 0.15) is 24.7 Å². The van der Waals surface area contributed by atoms with Crippen LogP contribution < -0.4 is 15.4 Å². The Morgan fingerprint density at radius 2 is 1.75 bits per heavy atom. The van der Waals surface area contributed by atoms with Crippen LogP contribution in [-0.2, 0) is 16.1 Å². The van der Waals surface area contributed by atoms with Crippen LogP contribution in [0.3, 0.4) is 0 Å². The molecule has 2 amide bonds. The second-order valence-corrected chi connectivity index (χ2v) is 5.54. The summed E-state index contributed by atoms with van der Waals surface area (Å²) in [6, 6.07) is 12.1. The summed E-state index contributed by atoms with van der Waals surface area (Å²) in [7, 11) is 0. The lowest BCUT2D eigenvalue weighted by Gasteiger charge is -2.11. The van der Waals surface area contributed by atoms with E-state index < -0.39 is 31.3 Å². The first-order chi connectivity index (χ1) is 13.2. The summed E-state index contributed by atoms with van der Waals surface area (Å²) >= 11 is 0. The molecule has 28 heavy (non-hydrogen) atoms. The normalized spacial score (nSPS) is 10.9. The van der Waals surface area contributed by atoms with Crippen LogP contribution in [0.5, 0.6) is 5.75 Å². The van der Waals surface area contributed by atoms with Crippen LogP contribution in [0.1, 0.15) is 5.56 Å². The molecule has 2 aromatic carbocycles. The molecule has 0 atom stereocenters. The van der Waals surface area contributed by atoms with Crippen molar-refractivity contribution in [2.75, 3.05) is 18.5 Å². The summed E-state index contributed by atoms with van der Waals surface area (Å²) in [6.45, 7) is -2.13. The number of hydrogen-bond donors (Lipinski definition) is 2. The number of amides is 2. The lowest BCUT2D eigenvalue weighted by molar-refractivity contribution is -0.160. The van der Waals surface area contributed by atoms with E-state index >= 15 is 0 Å². The molecule has 2 N–H and O–H groups in total. The lowest BCUT2D eigenvalue weighted by Crippen LogP contribution is -2.35. The van der Waals surface area contributed by atoms with Gasteiger partial charge < -0.3 is 20.1 Å². The molecule has 0 aromatic heterocycles. The zero-order valence-electron chi connectivity index (χ0n) is 14.4. The minimum Gasteiger partial charge on any atom is -0.489 e. The van der Waals surface area contributed by atoms with Crippen molar-refractivity contribution in [2.45, 2.75) is 12.8 Å². The van der Waals surface area contributed by atoms with Gasteiger partial charge in [0.15, 0.2) is 6.61 Å². The Morgan fingerprint density at radius 3 is 2.43 bits per heavy atom. The van der Waals surface area contributed by atoms with E-state index in [1.807, 2.05) is 5.32 Å². The molecule has 2 aromatic rings. The molecule has 0 unspecified atom stereocenters. The second-order valence-electron chi connectivity index (χ2n) is 5.54. The first-order valence-corrected chi connectivity index (χ1v) is 7.96. The summed E-state index contributed by atoms with van der Waals surface area (Å²) in [6.07, 6.45) is -6.00. The average molecular weight is 400 g/mol. The van der Waals surface area contributed by atoms with Gasteiger partial charge in [-0.3, -0.25) is 4.79 Å². The molecule has 6 nitrogen and oxygen atoms in total. The number of carbonyl (C=O) groups is 2. The zero-order valence-corrected chi connectivity index (χ0v) is 14.4. The zero-order chi connectivity index (χ0) is 20.6. The van der Waals surface area contributed by atoms with Crippen LogP contribution in [0.4, 0.5) is 28.0 Å². The van der Waals surface area contributed by atoms with Gasteiger partial charge in [-0.2, -0.15) is 13.2 Å². The van der Waals surface area contributed by atoms with Crippen molar-refractivity contribution in [2.24, 2.45) is 0 Å². The number of anilines is 1. The first-order valence-electron chi connectivity index (χ1n) is 7.96. The van der Waals surface area contributed by atoms with Crippen LogP contribution in [0.25, 0.3) is 0 Å². The van der Waals surface area contributed by atoms with Gasteiger partial charge in [0, 0.05) is 11.8 Å². The molecule has 2 rings (SSSR count). The monoisotopic (exact) mass is 400 g/mol. The van der Waals surface area contributed by atoms with Crippen molar-refractivity contribution >= 4 is 17.7 Å². The van der Waals surface area contributed by atoms with Gasteiger partial charge >= 0.3 is 12.3 Å². The van der Waals surface area contributed by atoms with Gasteiger partial charge in [0.25, 0.3) is 0 Å². The fourth-order valence-electron chi connectivity index (χ4n) is 1.97. The Balaban J connectivity index is 1.79. The maximum absolute atomic E-state index is 12.9. The third-order valence-corrected chi connectivity index (χ3v) is 3.20. The number of alkyl carbamates (subject to hydrolysis) is 1. The topological polar surface area (TPSA) is 76.7 Å². The van der Waals surface area contributed by atoms with E-state index in [0.717, 1.165) is 5.56 Å². The van der Waals surface area contributed by atoms with E-state index in [1.54, 1.807) is 30.3 Å². The fourth-order valence-corrected chi connectivity index (χ4v) is 1.97. The SMILES string of the molecule is O=C(CNC(=O)OCC(F)(F)F)Nc1cccc(OCc2ccc(F)cc2)c1. The molecular weight excluding hydrogens is 384 g/mol. The van der Waals surface area contributed by atoms with Crippen LogP contribution in [0.2, 0.25) is 0 Å². The van der Waals surface area contributed by atoms with Gasteiger partial charge in [0.2, 0.25) is 5.91 Å². The highest BCUT2D eigenvalue weighted by Crippen LogP contribution is 2.19. The fraction of sp³-hybridized carbons (Fsp3) is 0.222. The van der Waals surface area contributed by atoms with E-state index in [4.69, 9.17) is 4.74 Å². The Hall–Kier alpha value is -3.30. The molecule has 0 heterocycles. The molecule has 0 bridgehead atoms. The second kappa shape index (κ2) is 9.58. The number of carbonyl (C=O) groups excluding carboxylic acids is 2. The Bertz CT molecular complexity index is 810.